The fourth-order valence-electron chi connectivity index (χ4n) is 3.64. The van der Waals surface area contributed by atoms with Crippen molar-refractivity contribution in [2.75, 3.05) is 37.5 Å². The fourth-order valence-corrected chi connectivity index (χ4v) is 3.64. The lowest BCUT2D eigenvalue weighted by molar-refractivity contribution is 0.394. The highest BCUT2D eigenvalue weighted by Gasteiger charge is 2.24. The van der Waals surface area contributed by atoms with Crippen molar-refractivity contribution in [1.29, 1.82) is 0 Å². The van der Waals surface area contributed by atoms with Gasteiger partial charge in [0, 0.05) is 49.2 Å². The summed E-state index contributed by atoms with van der Waals surface area (Å²) in [6.07, 6.45) is 3.92. The molecule has 29 heavy (non-hydrogen) atoms. The highest BCUT2D eigenvalue weighted by molar-refractivity contribution is 5.70. The summed E-state index contributed by atoms with van der Waals surface area (Å²) >= 11 is 0. The summed E-state index contributed by atoms with van der Waals surface area (Å²) in [5, 5.41) is 7.53. The average molecular weight is 395 g/mol. The number of ether oxygens (including phenoxy) is 2. The van der Waals surface area contributed by atoms with Gasteiger partial charge in [0.05, 0.1) is 19.8 Å². The van der Waals surface area contributed by atoms with Crippen LogP contribution in [-0.4, -0.2) is 48.5 Å². The van der Waals surface area contributed by atoms with Crippen LogP contribution < -0.4 is 19.7 Å². The predicted molar refractivity (Wildman–Crippen MR) is 111 cm³/mol. The van der Waals surface area contributed by atoms with E-state index in [1.165, 1.54) is 0 Å². The zero-order valence-electron chi connectivity index (χ0n) is 16.9. The van der Waals surface area contributed by atoms with Crippen molar-refractivity contribution in [3.63, 3.8) is 0 Å². The lowest BCUT2D eigenvalue weighted by Crippen LogP contribution is -2.42. The molecule has 0 radical (unpaired) electrons. The number of aromatic nitrogens is 3. The third kappa shape index (κ3) is 4.26. The van der Waals surface area contributed by atoms with Gasteiger partial charge in [0.1, 0.15) is 17.3 Å². The van der Waals surface area contributed by atoms with E-state index in [1.54, 1.807) is 20.4 Å². The van der Waals surface area contributed by atoms with Crippen LogP contribution in [0.4, 0.5) is 11.5 Å². The number of anilines is 2. The molecule has 3 heterocycles. The van der Waals surface area contributed by atoms with Gasteiger partial charge in [-0.3, -0.25) is 0 Å². The lowest BCUT2D eigenvalue weighted by Gasteiger charge is -2.35. The number of aryl methyl sites for hydroxylation is 1. The molecule has 1 aliphatic heterocycles. The summed E-state index contributed by atoms with van der Waals surface area (Å²) in [4.78, 5) is 11.3. The summed E-state index contributed by atoms with van der Waals surface area (Å²) in [6.45, 7) is 3.56. The Morgan fingerprint density at radius 1 is 1.17 bits per heavy atom. The molecule has 1 saturated heterocycles. The van der Waals surface area contributed by atoms with E-state index in [1.807, 2.05) is 37.3 Å². The molecule has 152 valence electrons. The standard InChI is InChI=1S/C21H25N5O3/c1-14-23-21(29-25-14)19-7-4-8-22-20(19)26-9-5-6-15(13-26)24-16-10-17(27-2)12-18(11-16)28-3/h4,7-8,10-12,15,24H,5-6,9,13H2,1-3H3. The SMILES string of the molecule is COc1cc(NC2CCCN(c3ncccc3-c3nc(C)no3)C2)cc(OC)c1. The topological polar surface area (TPSA) is 85.5 Å². The molecule has 1 aliphatic rings. The molecule has 8 nitrogen and oxygen atoms in total. The number of nitrogens with one attached hydrogen (secondary N) is 1. The molecule has 1 aromatic carbocycles. The number of piperidine rings is 1. The fraction of sp³-hybridized carbons (Fsp3) is 0.381. The summed E-state index contributed by atoms with van der Waals surface area (Å²) in [5.41, 5.74) is 1.83. The number of hydrogen-bond acceptors (Lipinski definition) is 8. The van der Waals surface area contributed by atoms with Crippen LogP contribution in [0.25, 0.3) is 11.5 Å². The number of methoxy groups -OCH3 is 2. The van der Waals surface area contributed by atoms with E-state index in [2.05, 4.69) is 25.3 Å². The third-order valence-electron chi connectivity index (χ3n) is 4.99. The Kier molecular flexibility index (Phi) is 5.50. The zero-order valence-corrected chi connectivity index (χ0v) is 16.9. The van der Waals surface area contributed by atoms with Crippen LogP contribution in [0.15, 0.2) is 41.1 Å². The Balaban J connectivity index is 1.54. The van der Waals surface area contributed by atoms with Gasteiger partial charge in [-0.25, -0.2) is 4.98 Å². The Bertz CT molecular complexity index is 952. The van der Waals surface area contributed by atoms with Gasteiger partial charge in [0.15, 0.2) is 5.82 Å². The lowest BCUT2D eigenvalue weighted by atomic mass is 10.0. The minimum Gasteiger partial charge on any atom is -0.497 e. The van der Waals surface area contributed by atoms with Gasteiger partial charge in [0.2, 0.25) is 0 Å². The molecule has 2 aromatic heterocycles. The largest absolute Gasteiger partial charge is 0.497 e. The quantitative estimate of drug-likeness (QED) is 0.678. The van der Waals surface area contributed by atoms with Gasteiger partial charge >= 0.3 is 0 Å². The van der Waals surface area contributed by atoms with Crippen molar-refractivity contribution in [3.05, 3.63) is 42.4 Å². The van der Waals surface area contributed by atoms with Gasteiger partial charge in [-0.2, -0.15) is 4.98 Å². The first-order valence-electron chi connectivity index (χ1n) is 9.66. The molecule has 0 spiro atoms. The summed E-state index contributed by atoms with van der Waals surface area (Å²) in [7, 11) is 3.31. The first-order chi connectivity index (χ1) is 14.2. The van der Waals surface area contributed by atoms with E-state index in [0.717, 1.165) is 54.5 Å². The Hall–Kier alpha value is -3.29. The molecule has 1 atom stereocenters. The number of pyridine rings is 1. The highest BCUT2D eigenvalue weighted by atomic mass is 16.5. The molecule has 0 amide bonds. The van der Waals surface area contributed by atoms with Crippen LogP contribution in [0, 0.1) is 6.92 Å². The smallest absolute Gasteiger partial charge is 0.261 e. The summed E-state index contributed by atoms with van der Waals surface area (Å²) in [5.74, 6) is 3.50. The number of hydrogen-bond donors (Lipinski definition) is 1. The molecule has 1 unspecified atom stereocenters. The average Bonchev–Trinajstić information content (AvgIpc) is 3.19. The van der Waals surface area contributed by atoms with Crippen molar-refractivity contribution in [1.82, 2.24) is 15.1 Å². The summed E-state index contributed by atoms with van der Waals surface area (Å²) in [6, 6.07) is 9.95. The number of nitrogens with zero attached hydrogens (tertiary/aromatic N) is 4. The van der Waals surface area contributed by atoms with Crippen LogP contribution in [0.2, 0.25) is 0 Å². The molecule has 1 fully saturated rings. The molecule has 0 saturated carbocycles. The highest BCUT2D eigenvalue weighted by Crippen LogP contribution is 2.31. The number of rotatable bonds is 6. The zero-order chi connectivity index (χ0) is 20.2. The maximum absolute atomic E-state index is 5.38. The first-order valence-corrected chi connectivity index (χ1v) is 9.66. The molecule has 4 rings (SSSR count). The van der Waals surface area contributed by atoms with E-state index in [-0.39, 0.29) is 6.04 Å². The Morgan fingerprint density at radius 2 is 1.97 bits per heavy atom. The van der Waals surface area contributed by atoms with Crippen LogP contribution in [0.3, 0.4) is 0 Å². The molecule has 8 heteroatoms. The van der Waals surface area contributed by atoms with Crippen LogP contribution >= 0.6 is 0 Å². The predicted octanol–water partition coefficient (Wildman–Crippen LogP) is 3.54. The van der Waals surface area contributed by atoms with E-state index < -0.39 is 0 Å². The van der Waals surface area contributed by atoms with E-state index in [4.69, 9.17) is 14.0 Å². The first kappa shape index (κ1) is 19.0. The van der Waals surface area contributed by atoms with E-state index in [0.29, 0.717) is 11.7 Å². The minimum atomic E-state index is 0.264. The maximum atomic E-state index is 5.38. The van der Waals surface area contributed by atoms with Crippen molar-refractivity contribution >= 4 is 11.5 Å². The second-order valence-corrected chi connectivity index (χ2v) is 7.05. The van der Waals surface area contributed by atoms with Crippen molar-refractivity contribution in [2.45, 2.75) is 25.8 Å². The second kappa shape index (κ2) is 8.38. The van der Waals surface area contributed by atoms with Crippen LogP contribution in [0.1, 0.15) is 18.7 Å². The van der Waals surface area contributed by atoms with Gasteiger partial charge in [-0.05, 0) is 31.9 Å². The number of benzene rings is 1. The maximum Gasteiger partial charge on any atom is 0.261 e. The molecule has 0 bridgehead atoms. The Morgan fingerprint density at radius 3 is 2.66 bits per heavy atom. The Labute approximate surface area is 169 Å². The van der Waals surface area contributed by atoms with E-state index in [9.17, 15) is 0 Å². The molecule has 3 aromatic rings. The minimum absolute atomic E-state index is 0.264. The van der Waals surface area contributed by atoms with Crippen molar-refractivity contribution in [3.8, 4) is 23.0 Å². The molecule has 0 aliphatic carbocycles. The summed E-state index contributed by atoms with van der Waals surface area (Å²) < 4.78 is 16.1. The normalized spacial score (nSPS) is 16.5. The van der Waals surface area contributed by atoms with Crippen LogP contribution in [0.5, 0.6) is 11.5 Å². The van der Waals surface area contributed by atoms with Crippen molar-refractivity contribution in [2.24, 2.45) is 0 Å². The van der Waals surface area contributed by atoms with Gasteiger partial charge in [-0.15, -0.1) is 0 Å². The molecular formula is C21H25N5O3. The molecular weight excluding hydrogens is 370 g/mol. The molecule has 1 N–H and O–H groups in total. The second-order valence-electron chi connectivity index (χ2n) is 7.05. The van der Waals surface area contributed by atoms with Gasteiger partial charge < -0.3 is 24.2 Å². The van der Waals surface area contributed by atoms with Gasteiger partial charge in [0.25, 0.3) is 5.89 Å². The monoisotopic (exact) mass is 395 g/mol. The van der Waals surface area contributed by atoms with Crippen molar-refractivity contribution < 1.29 is 14.0 Å². The van der Waals surface area contributed by atoms with Crippen LogP contribution in [-0.2, 0) is 0 Å². The third-order valence-corrected chi connectivity index (χ3v) is 4.99. The van der Waals surface area contributed by atoms with E-state index >= 15 is 0 Å². The van der Waals surface area contributed by atoms with Gasteiger partial charge in [-0.1, -0.05) is 5.16 Å².